The Balaban J connectivity index is 2.71. The first-order valence-corrected chi connectivity index (χ1v) is 3.93. The minimum Gasteiger partial charge on any atom is -0.396 e. The molecule has 0 aromatic carbocycles. The molecule has 0 radical (unpaired) electrons. The van der Waals surface area contributed by atoms with E-state index in [9.17, 15) is 15.3 Å². The van der Waals surface area contributed by atoms with Gasteiger partial charge in [0.2, 0.25) is 0 Å². The lowest BCUT2D eigenvalue weighted by Gasteiger charge is -2.42. The van der Waals surface area contributed by atoms with Crippen LogP contribution in [-0.2, 0) is 0 Å². The molecule has 72 valence electrons. The molecule has 0 amide bonds. The van der Waals surface area contributed by atoms with Crippen LogP contribution in [0.1, 0.15) is 6.92 Å². The molecule has 0 aliphatic carbocycles. The van der Waals surface area contributed by atoms with Crippen molar-refractivity contribution in [2.24, 2.45) is 5.92 Å². The Labute approximate surface area is 70.6 Å². The fourth-order valence-electron chi connectivity index (χ4n) is 1.38. The standard InChI is InChI=1S/C7H15NO4/c1-7(12)5(10)4(3-9)2-8-6(7)11/h4-6,8-12H,2-3H2,1H3. The van der Waals surface area contributed by atoms with E-state index in [0.29, 0.717) is 6.54 Å². The summed E-state index contributed by atoms with van der Waals surface area (Å²) < 4.78 is 0. The SMILES string of the molecule is CC1(O)C(O)NCC(CO)C1O. The van der Waals surface area contributed by atoms with E-state index in [4.69, 9.17) is 5.11 Å². The first kappa shape index (κ1) is 9.88. The first-order valence-electron chi connectivity index (χ1n) is 3.93. The van der Waals surface area contributed by atoms with Gasteiger partial charge in [-0.15, -0.1) is 0 Å². The van der Waals surface area contributed by atoms with Crippen molar-refractivity contribution < 1.29 is 20.4 Å². The van der Waals surface area contributed by atoms with Crippen molar-refractivity contribution in [3.8, 4) is 0 Å². The second-order valence-electron chi connectivity index (χ2n) is 3.42. The molecule has 1 fully saturated rings. The zero-order chi connectivity index (χ0) is 9.35. The minimum atomic E-state index is -1.59. The molecule has 1 heterocycles. The molecular weight excluding hydrogens is 162 g/mol. The van der Waals surface area contributed by atoms with Crippen LogP contribution in [0.5, 0.6) is 0 Å². The summed E-state index contributed by atoms with van der Waals surface area (Å²) in [6.45, 7) is 1.42. The molecule has 5 N–H and O–H groups in total. The number of hydrogen-bond acceptors (Lipinski definition) is 5. The third-order valence-electron chi connectivity index (χ3n) is 2.41. The Bertz CT molecular complexity index is 161. The van der Waals surface area contributed by atoms with Crippen molar-refractivity contribution in [3.05, 3.63) is 0 Å². The van der Waals surface area contributed by atoms with Crippen LogP contribution >= 0.6 is 0 Å². The summed E-state index contributed by atoms with van der Waals surface area (Å²) >= 11 is 0. The van der Waals surface area contributed by atoms with Crippen LogP contribution in [0.4, 0.5) is 0 Å². The fraction of sp³-hybridized carbons (Fsp3) is 1.00. The van der Waals surface area contributed by atoms with Crippen molar-refractivity contribution >= 4 is 0 Å². The first-order chi connectivity index (χ1) is 5.50. The Kier molecular flexibility index (Phi) is 2.70. The molecule has 0 aromatic rings. The summed E-state index contributed by atoms with van der Waals surface area (Å²) in [6.07, 6.45) is -2.24. The van der Waals surface area contributed by atoms with Gasteiger partial charge in [-0.3, -0.25) is 5.32 Å². The smallest absolute Gasteiger partial charge is 0.136 e. The Morgan fingerprint density at radius 1 is 1.50 bits per heavy atom. The topological polar surface area (TPSA) is 93.0 Å². The zero-order valence-corrected chi connectivity index (χ0v) is 6.94. The van der Waals surface area contributed by atoms with E-state index in [1.807, 2.05) is 0 Å². The maximum Gasteiger partial charge on any atom is 0.136 e. The maximum absolute atomic E-state index is 9.54. The van der Waals surface area contributed by atoms with E-state index >= 15 is 0 Å². The molecule has 1 rings (SSSR count). The fourth-order valence-corrected chi connectivity index (χ4v) is 1.38. The van der Waals surface area contributed by atoms with E-state index in [2.05, 4.69) is 5.32 Å². The number of piperidine rings is 1. The molecule has 4 unspecified atom stereocenters. The normalized spacial score (nSPS) is 49.2. The molecule has 0 bridgehead atoms. The summed E-state index contributed by atoms with van der Waals surface area (Å²) in [6, 6.07) is 0. The minimum absolute atomic E-state index is 0.211. The molecule has 1 saturated heterocycles. The third-order valence-corrected chi connectivity index (χ3v) is 2.41. The second-order valence-corrected chi connectivity index (χ2v) is 3.42. The van der Waals surface area contributed by atoms with Gasteiger partial charge in [-0.25, -0.2) is 0 Å². The molecule has 0 aromatic heterocycles. The van der Waals surface area contributed by atoms with Crippen molar-refractivity contribution in [3.63, 3.8) is 0 Å². The van der Waals surface area contributed by atoms with Gasteiger partial charge in [0, 0.05) is 19.1 Å². The maximum atomic E-state index is 9.54. The van der Waals surface area contributed by atoms with Gasteiger partial charge in [-0.1, -0.05) is 0 Å². The quantitative estimate of drug-likeness (QED) is 0.309. The molecule has 12 heavy (non-hydrogen) atoms. The lowest BCUT2D eigenvalue weighted by Crippen LogP contribution is -2.65. The molecular formula is C7H15NO4. The van der Waals surface area contributed by atoms with Crippen molar-refractivity contribution in [2.45, 2.75) is 24.9 Å². The second kappa shape index (κ2) is 3.27. The monoisotopic (exact) mass is 177 g/mol. The number of aliphatic hydroxyl groups is 4. The van der Waals surface area contributed by atoms with Gasteiger partial charge in [-0.2, -0.15) is 0 Å². The summed E-state index contributed by atoms with van der Waals surface area (Å²) in [5, 5.41) is 39.6. The highest BCUT2D eigenvalue weighted by molar-refractivity contribution is 4.96. The number of nitrogens with one attached hydrogen (secondary N) is 1. The third kappa shape index (κ3) is 1.46. The Morgan fingerprint density at radius 2 is 2.08 bits per heavy atom. The summed E-state index contributed by atoms with van der Waals surface area (Å²) in [5.74, 6) is -0.427. The van der Waals surface area contributed by atoms with Crippen LogP contribution in [0.2, 0.25) is 0 Å². The number of rotatable bonds is 1. The van der Waals surface area contributed by atoms with Gasteiger partial charge in [-0.05, 0) is 6.92 Å². The van der Waals surface area contributed by atoms with Gasteiger partial charge < -0.3 is 20.4 Å². The summed E-state index contributed by atoms with van der Waals surface area (Å²) in [4.78, 5) is 0. The number of aliphatic hydroxyl groups excluding tert-OH is 3. The highest BCUT2D eigenvalue weighted by Crippen LogP contribution is 2.24. The number of hydrogen-bond donors (Lipinski definition) is 5. The van der Waals surface area contributed by atoms with E-state index < -0.39 is 23.9 Å². The van der Waals surface area contributed by atoms with Gasteiger partial charge >= 0.3 is 0 Å². The molecule has 0 saturated carbocycles. The van der Waals surface area contributed by atoms with Crippen LogP contribution in [-0.4, -0.2) is 51.5 Å². The highest BCUT2D eigenvalue weighted by atomic mass is 16.4. The van der Waals surface area contributed by atoms with Crippen LogP contribution in [0.15, 0.2) is 0 Å². The summed E-state index contributed by atoms with van der Waals surface area (Å²) in [5.41, 5.74) is -1.59. The predicted molar refractivity (Wildman–Crippen MR) is 41.2 cm³/mol. The average Bonchev–Trinajstić information content (AvgIpc) is 2.02. The van der Waals surface area contributed by atoms with Gasteiger partial charge in [0.25, 0.3) is 0 Å². The van der Waals surface area contributed by atoms with Crippen molar-refractivity contribution in [1.29, 1.82) is 0 Å². The van der Waals surface area contributed by atoms with Crippen molar-refractivity contribution in [1.82, 2.24) is 5.32 Å². The predicted octanol–water partition coefficient (Wildman–Crippen LogP) is -2.37. The highest BCUT2D eigenvalue weighted by Gasteiger charge is 2.45. The van der Waals surface area contributed by atoms with E-state index in [1.165, 1.54) is 6.92 Å². The molecule has 1 aliphatic heterocycles. The van der Waals surface area contributed by atoms with Gasteiger partial charge in [0.15, 0.2) is 0 Å². The average molecular weight is 177 g/mol. The molecule has 0 spiro atoms. The van der Waals surface area contributed by atoms with E-state index in [-0.39, 0.29) is 6.61 Å². The largest absolute Gasteiger partial charge is 0.396 e. The lowest BCUT2D eigenvalue weighted by molar-refractivity contribution is -0.187. The molecule has 5 nitrogen and oxygen atoms in total. The van der Waals surface area contributed by atoms with Crippen LogP contribution in [0, 0.1) is 5.92 Å². The van der Waals surface area contributed by atoms with Crippen molar-refractivity contribution in [2.75, 3.05) is 13.2 Å². The molecule has 4 atom stereocenters. The van der Waals surface area contributed by atoms with Gasteiger partial charge in [0.1, 0.15) is 11.8 Å². The Morgan fingerprint density at radius 3 is 2.58 bits per heavy atom. The van der Waals surface area contributed by atoms with E-state index in [1.54, 1.807) is 0 Å². The van der Waals surface area contributed by atoms with Gasteiger partial charge in [0.05, 0.1) is 6.10 Å². The van der Waals surface area contributed by atoms with Crippen LogP contribution in [0.3, 0.4) is 0 Å². The van der Waals surface area contributed by atoms with Crippen LogP contribution < -0.4 is 5.32 Å². The Hall–Kier alpha value is -0.200. The van der Waals surface area contributed by atoms with Crippen LogP contribution in [0.25, 0.3) is 0 Å². The zero-order valence-electron chi connectivity index (χ0n) is 6.94. The molecule has 1 aliphatic rings. The molecule has 5 heteroatoms. The summed E-state index contributed by atoms with van der Waals surface area (Å²) in [7, 11) is 0. The lowest BCUT2D eigenvalue weighted by atomic mass is 9.83. The van der Waals surface area contributed by atoms with E-state index in [0.717, 1.165) is 0 Å².